The van der Waals surface area contributed by atoms with Crippen molar-refractivity contribution in [2.75, 3.05) is 12.3 Å². The van der Waals surface area contributed by atoms with Crippen LogP contribution in [0.15, 0.2) is 41.7 Å². The van der Waals surface area contributed by atoms with Crippen molar-refractivity contribution in [2.24, 2.45) is 0 Å². The van der Waals surface area contributed by atoms with Crippen LogP contribution in [0.1, 0.15) is 29.7 Å². The van der Waals surface area contributed by atoms with Crippen LogP contribution in [-0.4, -0.2) is 35.7 Å². The molecule has 2 aromatic heterocycles. The van der Waals surface area contributed by atoms with Crippen LogP contribution < -0.4 is 5.32 Å². The normalized spacial score (nSPS) is 11.9. The van der Waals surface area contributed by atoms with Gasteiger partial charge in [0.05, 0.1) is 22.5 Å². The van der Waals surface area contributed by atoms with Gasteiger partial charge in [0.25, 0.3) is 0 Å². The number of H-pyrrole nitrogens is 1. The molecule has 0 bridgehead atoms. The third-order valence-electron chi connectivity index (χ3n) is 4.29. The van der Waals surface area contributed by atoms with Crippen LogP contribution in [0.3, 0.4) is 0 Å². The van der Waals surface area contributed by atoms with Gasteiger partial charge in [0, 0.05) is 12.7 Å². The molecule has 138 valence electrons. The summed E-state index contributed by atoms with van der Waals surface area (Å²) in [4.78, 5) is 11.5. The summed E-state index contributed by atoms with van der Waals surface area (Å²) in [5, 5.41) is 3.39. The van der Waals surface area contributed by atoms with Gasteiger partial charge in [0.15, 0.2) is 0 Å². The SMILES string of the molecule is Cc1cnc(CNCCCCS(=O)(=O)c2nc3ccccc3[nH]2)c(C)c1. The van der Waals surface area contributed by atoms with Gasteiger partial charge in [0.1, 0.15) is 0 Å². The Kier molecular flexibility index (Phi) is 5.68. The number of aryl methyl sites for hydroxylation is 2. The van der Waals surface area contributed by atoms with Gasteiger partial charge in [-0.15, -0.1) is 0 Å². The molecule has 2 heterocycles. The summed E-state index contributed by atoms with van der Waals surface area (Å²) < 4.78 is 24.8. The first-order valence-corrected chi connectivity index (χ1v) is 10.4. The van der Waals surface area contributed by atoms with Gasteiger partial charge in [-0.25, -0.2) is 13.4 Å². The largest absolute Gasteiger partial charge is 0.329 e. The molecule has 3 rings (SSSR count). The second kappa shape index (κ2) is 7.97. The summed E-state index contributed by atoms with van der Waals surface area (Å²) in [5.41, 5.74) is 4.78. The molecule has 0 unspecified atom stereocenters. The van der Waals surface area contributed by atoms with Gasteiger partial charge < -0.3 is 10.3 Å². The van der Waals surface area contributed by atoms with Crippen molar-refractivity contribution in [1.29, 1.82) is 0 Å². The van der Waals surface area contributed by atoms with Crippen LogP contribution in [0.4, 0.5) is 0 Å². The van der Waals surface area contributed by atoms with Crippen LogP contribution in [0.5, 0.6) is 0 Å². The Hall–Kier alpha value is -2.25. The molecule has 7 heteroatoms. The van der Waals surface area contributed by atoms with Crippen molar-refractivity contribution >= 4 is 20.9 Å². The number of sulfone groups is 1. The number of hydrogen-bond donors (Lipinski definition) is 2. The summed E-state index contributed by atoms with van der Waals surface area (Å²) >= 11 is 0. The number of rotatable bonds is 8. The molecule has 0 saturated heterocycles. The number of imidazole rings is 1. The number of fused-ring (bicyclic) bond motifs is 1. The lowest BCUT2D eigenvalue weighted by atomic mass is 10.1. The Morgan fingerprint density at radius 3 is 2.73 bits per heavy atom. The molecule has 0 aliphatic rings. The van der Waals surface area contributed by atoms with E-state index < -0.39 is 9.84 Å². The van der Waals surface area contributed by atoms with E-state index in [4.69, 9.17) is 0 Å². The summed E-state index contributed by atoms with van der Waals surface area (Å²) in [6, 6.07) is 9.44. The molecular formula is C19H24N4O2S. The summed E-state index contributed by atoms with van der Waals surface area (Å²) in [6.07, 6.45) is 3.24. The predicted molar refractivity (Wildman–Crippen MR) is 103 cm³/mol. The highest BCUT2D eigenvalue weighted by Gasteiger charge is 2.18. The van der Waals surface area contributed by atoms with Crippen LogP contribution in [0.25, 0.3) is 11.0 Å². The average molecular weight is 372 g/mol. The van der Waals surface area contributed by atoms with Gasteiger partial charge in [0.2, 0.25) is 15.0 Å². The fraction of sp³-hybridized carbons (Fsp3) is 0.368. The minimum absolute atomic E-state index is 0.0612. The third-order valence-corrected chi connectivity index (χ3v) is 5.90. The van der Waals surface area contributed by atoms with E-state index in [1.54, 1.807) is 6.07 Å². The lowest BCUT2D eigenvalue weighted by Gasteiger charge is -2.07. The number of hydrogen-bond acceptors (Lipinski definition) is 5. The fourth-order valence-electron chi connectivity index (χ4n) is 2.85. The first-order chi connectivity index (χ1) is 12.5. The fourth-order valence-corrected chi connectivity index (χ4v) is 4.13. The van der Waals surface area contributed by atoms with Crippen LogP contribution >= 0.6 is 0 Å². The second-order valence-corrected chi connectivity index (χ2v) is 8.56. The minimum Gasteiger partial charge on any atom is -0.329 e. The van der Waals surface area contributed by atoms with Crippen molar-refractivity contribution in [3.8, 4) is 0 Å². The van der Waals surface area contributed by atoms with Gasteiger partial charge in [-0.2, -0.15) is 0 Å². The smallest absolute Gasteiger partial charge is 0.226 e. The highest BCUT2D eigenvalue weighted by Crippen LogP contribution is 2.15. The number of aromatic amines is 1. The van der Waals surface area contributed by atoms with E-state index in [1.807, 2.05) is 31.3 Å². The van der Waals surface area contributed by atoms with E-state index >= 15 is 0 Å². The molecule has 3 aromatic rings. The second-order valence-electron chi connectivity index (χ2n) is 6.54. The average Bonchev–Trinajstić information content (AvgIpc) is 3.04. The number of pyridine rings is 1. The highest BCUT2D eigenvalue weighted by molar-refractivity contribution is 7.91. The number of unbranched alkanes of at least 4 members (excludes halogenated alkanes) is 1. The lowest BCUT2D eigenvalue weighted by Crippen LogP contribution is -2.18. The molecular weight excluding hydrogens is 348 g/mol. The molecule has 0 aliphatic heterocycles. The van der Waals surface area contributed by atoms with Crippen LogP contribution in [0, 0.1) is 13.8 Å². The molecule has 0 atom stereocenters. The summed E-state index contributed by atoms with van der Waals surface area (Å²) in [7, 11) is -3.38. The van der Waals surface area contributed by atoms with E-state index in [0.717, 1.165) is 29.7 Å². The Labute approximate surface area is 154 Å². The van der Waals surface area contributed by atoms with Crippen LogP contribution in [-0.2, 0) is 16.4 Å². The molecule has 2 N–H and O–H groups in total. The maximum Gasteiger partial charge on any atom is 0.226 e. The third kappa shape index (κ3) is 4.47. The topological polar surface area (TPSA) is 87.7 Å². The van der Waals surface area contributed by atoms with E-state index in [9.17, 15) is 8.42 Å². The summed E-state index contributed by atoms with van der Waals surface area (Å²) in [6.45, 7) is 5.53. The zero-order valence-electron chi connectivity index (χ0n) is 15.1. The quantitative estimate of drug-likeness (QED) is 0.594. The number of nitrogens with zero attached hydrogens (tertiary/aromatic N) is 2. The van der Waals surface area contributed by atoms with Crippen molar-refractivity contribution in [3.63, 3.8) is 0 Å². The molecule has 0 saturated carbocycles. The molecule has 26 heavy (non-hydrogen) atoms. The predicted octanol–water partition coefficient (Wildman–Crippen LogP) is 2.92. The number of nitrogens with one attached hydrogen (secondary N) is 2. The standard InChI is InChI=1S/C19H24N4O2S/c1-14-11-15(2)18(21-12-14)13-20-9-5-6-10-26(24,25)19-22-16-7-3-4-8-17(16)23-19/h3-4,7-8,11-12,20H,5-6,9-10,13H2,1-2H3,(H,22,23). The minimum atomic E-state index is -3.38. The molecule has 6 nitrogen and oxygen atoms in total. The van der Waals surface area contributed by atoms with Crippen molar-refractivity contribution < 1.29 is 8.42 Å². The molecule has 0 aliphatic carbocycles. The molecule has 0 fully saturated rings. The van der Waals surface area contributed by atoms with E-state index in [2.05, 4.69) is 33.3 Å². The van der Waals surface area contributed by atoms with Crippen molar-refractivity contribution in [1.82, 2.24) is 20.3 Å². The van der Waals surface area contributed by atoms with E-state index in [1.165, 1.54) is 5.56 Å². The lowest BCUT2D eigenvalue weighted by molar-refractivity contribution is 0.579. The van der Waals surface area contributed by atoms with Gasteiger partial charge in [-0.3, -0.25) is 4.98 Å². The Balaban J connectivity index is 1.45. The summed E-state index contributed by atoms with van der Waals surface area (Å²) in [5.74, 6) is 0.0936. The first kappa shape index (κ1) is 18.5. The van der Waals surface area contributed by atoms with E-state index in [0.29, 0.717) is 18.5 Å². The van der Waals surface area contributed by atoms with Gasteiger partial charge in [-0.05, 0) is 56.5 Å². The van der Waals surface area contributed by atoms with Gasteiger partial charge in [-0.1, -0.05) is 18.2 Å². The Morgan fingerprint density at radius 2 is 1.96 bits per heavy atom. The molecule has 0 spiro atoms. The highest BCUT2D eigenvalue weighted by atomic mass is 32.2. The maximum atomic E-state index is 12.4. The monoisotopic (exact) mass is 372 g/mol. The number of benzene rings is 1. The van der Waals surface area contributed by atoms with E-state index in [-0.39, 0.29) is 10.9 Å². The first-order valence-electron chi connectivity index (χ1n) is 8.76. The number of aromatic nitrogens is 3. The van der Waals surface area contributed by atoms with Gasteiger partial charge >= 0.3 is 0 Å². The molecule has 0 radical (unpaired) electrons. The number of para-hydroxylation sites is 2. The zero-order chi connectivity index (χ0) is 18.6. The van der Waals surface area contributed by atoms with Crippen molar-refractivity contribution in [3.05, 3.63) is 53.3 Å². The Morgan fingerprint density at radius 1 is 1.15 bits per heavy atom. The zero-order valence-corrected chi connectivity index (χ0v) is 15.9. The molecule has 0 amide bonds. The molecule has 1 aromatic carbocycles. The van der Waals surface area contributed by atoms with Crippen LogP contribution in [0.2, 0.25) is 0 Å². The Bertz CT molecular complexity index is 963. The maximum absolute atomic E-state index is 12.4. The van der Waals surface area contributed by atoms with Crippen molar-refractivity contribution in [2.45, 2.75) is 38.4 Å².